The van der Waals surface area contributed by atoms with Gasteiger partial charge in [0.2, 0.25) is 11.8 Å². The number of benzene rings is 3. The van der Waals surface area contributed by atoms with Crippen LogP contribution in [0.15, 0.2) is 75.6 Å². The molecule has 0 aliphatic heterocycles. The van der Waals surface area contributed by atoms with Crippen LogP contribution in [-0.4, -0.2) is 22.0 Å². The fraction of sp³-hybridized carbons (Fsp3) is 0.0417. The maximum absolute atomic E-state index is 14.7. The van der Waals surface area contributed by atoms with Crippen LogP contribution in [-0.2, 0) is 16.0 Å². The molecular weight excluding hydrogens is 479 g/mol. The van der Waals surface area contributed by atoms with Crippen LogP contribution in [0.3, 0.4) is 0 Å². The molecule has 0 bridgehead atoms. The number of halogens is 2. The van der Waals surface area contributed by atoms with E-state index in [1.807, 2.05) is 12.1 Å². The molecule has 160 valence electrons. The zero-order valence-electron chi connectivity index (χ0n) is 16.5. The first kappa shape index (κ1) is 21.5. The molecule has 0 saturated heterocycles. The lowest BCUT2D eigenvalue weighted by atomic mass is 10.1. The van der Waals surface area contributed by atoms with E-state index in [0.717, 1.165) is 4.47 Å². The van der Waals surface area contributed by atoms with Gasteiger partial charge in [0.25, 0.3) is 0 Å². The minimum absolute atomic E-state index is 0.0912. The summed E-state index contributed by atoms with van der Waals surface area (Å²) in [6.45, 7) is 0. The number of rotatable bonds is 6. The Morgan fingerprint density at radius 1 is 1.09 bits per heavy atom. The maximum Gasteiger partial charge on any atom is 0.307 e. The Morgan fingerprint density at radius 2 is 1.88 bits per heavy atom. The average Bonchev–Trinajstić information content (AvgIpc) is 3.16. The number of carbonyl (C=O) groups is 2. The maximum atomic E-state index is 14.7. The lowest BCUT2D eigenvalue weighted by Crippen LogP contribution is -2.07. The number of aliphatic carboxylic acids is 1. The van der Waals surface area contributed by atoms with Crippen LogP contribution < -0.4 is 5.32 Å². The Balaban J connectivity index is 1.50. The smallest absolute Gasteiger partial charge is 0.307 e. The van der Waals surface area contributed by atoms with E-state index in [2.05, 4.69) is 26.2 Å². The second-order valence-corrected chi connectivity index (χ2v) is 7.88. The first-order valence-electron chi connectivity index (χ1n) is 9.53. The molecule has 0 atom stereocenters. The standard InChI is InChI=1S/C24H16BrFN2O4/c25-16-4-6-17(7-5-16)27-22(29)10-3-14-1-8-18(19(26)11-14)24-28-20-12-15(13-23(30)31)2-9-21(20)32-24/h1-12H,13H2,(H,27,29)(H,30,31)/b10-3+. The van der Waals surface area contributed by atoms with Crippen LogP contribution in [0.1, 0.15) is 11.1 Å². The largest absolute Gasteiger partial charge is 0.481 e. The van der Waals surface area contributed by atoms with Gasteiger partial charge in [0.05, 0.1) is 12.0 Å². The molecule has 8 heteroatoms. The van der Waals surface area contributed by atoms with Crippen LogP contribution >= 0.6 is 15.9 Å². The summed E-state index contributed by atoms with van der Waals surface area (Å²) in [4.78, 5) is 27.2. The Morgan fingerprint density at radius 3 is 2.59 bits per heavy atom. The molecule has 0 aliphatic rings. The Hall–Kier alpha value is -3.78. The highest BCUT2D eigenvalue weighted by atomic mass is 79.9. The molecule has 2 N–H and O–H groups in total. The van der Waals surface area contributed by atoms with Crippen molar-refractivity contribution in [2.75, 3.05) is 5.32 Å². The Bertz CT molecular complexity index is 1350. The second kappa shape index (κ2) is 9.15. The van der Waals surface area contributed by atoms with Crippen molar-refractivity contribution >= 4 is 50.7 Å². The third-order valence-electron chi connectivity index (χ3n) is 4.57. The number of aromatic nitrogens is 1. The number of hydrogen-bond acceptors (Lipinski definition) is 4. The van der Waals surface area contributed by atoms with Crippen LogP contribution in [0.2, 0.25) is 0 Å². The first-order chi connectivity index (χ1) is 15.4. The van der Waals surface area contributed by atoms with Crippen molar-refractivity contribution in [3.63, 3.8) is 0 Å². The van der Waals surface area contributed by atoms with E-state index < -0.39 is 11.8 Å². The third-order valence-corrected chi connectivity index (χ3v) is 5.10. The van der Waals surface area contributed by atoms with Crippen molar-refractivity contribution in [3.8, 4) is 11.5 Å². The highest BCUT2D eigenvalue weighted by Gasteiger charge is 2.14. The van der Waals surface area contributed by atoms with Gasteiger partial charge in [-0.25, -0.2) is 9.37 Å². The fourth-order valence-electron chi connectivity index (χ4n) is 3.07. The molecule has 0 unspecified atom stereocenters. The second-order valence-electron chi connectivity index (χ2n) is 6.96. The van der Waals surface area contributed by atoms with E-state index in [1.165, 1.54) is 24.3 Å². The van der Waals surface area contributed by atoms with Crippen LogP contribution in [0.4, 0.5) is 10.1 Å². The predicted octanol–water partition coefficient (Wildman–Crippen LogP) is 5.68. The molecule has 1 amide bonds. The van der Waals surface area contributed by atoms with Gasteiger partial charge >= 0.3 is 5.97 Å². The topological polar surface area (TPSA) is 92.4 Å². The number of hydrogen-bond donors (Lipinski definition) is 2. The summed E-state index contributed by atoms with van der Waals surface area (Å²) in [5, 5.41) is 11.6. The molecule has 1 heterocycles. The molecule has 0 saturated carbocycles. The summed E-state index contributed by atoms with van der Waals surface area (Å²) in [6.07, 6.45) is 2.69. The van der Waals surface area contributed by atoms with Gasteiger partial charge in [-0.1, -0.05) is 28.1 Å². The number of carboxylic acid groups (broad SMARTS) is 1. The fourth-order valence-corrected chi connectivity index (χ4v) is 3.33. The molecule has 0 spiro atoms. The van der Waals surface area contributed by atoms with Crippen molar-refractivity contribution in [2.45, 2.75) is 6.42 Å². The SMILES string of the molecule is O=C(O)Cc1ccc2oc(-c3ccc(/C=C/C(=O)Nc4ccc(Br)cc4)cc3F)nc2c1. The van der Waals surface area contributed by atoms with Crippen molar-refractivity contribution in [1.29, 1.82) is 0 Å². The monoisotopic (exact) mass is 494 g/mol. The predicted molar refractivity (Wildman–Crippen MR) is 123 cm³/mol. The molecule has 32 heavy (non-hydrogen) atoms. The van der Waals surface area contributed by atoms with Gasteiger partial charge in [0.1, 0.15) is 11.3 Å². The van der Waals surface area contributed by atoms with Gasteiger partial charge < -0.3 is 14.8 Å². The summed E-state index contributed by atoms with van der Waals surface area (Å²) in [6, 6.07) is 16.4. The third kappa shape index (κ3) is 5.09. The Kier molecular flexibility index (Phi) is 6.13. The van der Waals surface area contributed by atoms with Crippen LogP contribution in [0.5, 0.6) is 0 Å². The lowest BCUT2D eigenvalue weighted by Gasteiger charge is -2.02. The van der Waals surface area contributed by atoms with E-state index in [9.17, 15) is 14.0 Å². The zero-order chi connectivity index (χ0) is 22.7. The highest BCUT2D eigenvalue weighted by molar-refractivity contribution is 9.10. The highest BCUT2D eigenvalue weighted by Crippen LogP contribution is 2.28. The molecule has 0 aliphatic carbocycles. The average molecular weight is 495 g/mol. The van der Waals surface area contributed by atoms with Crippen molar-refractivity contribution in [1.82, 2.24) is 4.98 Å². The van der Waals surface area contributed by atoms with Crippen molar-refractivity contribution in [3.05, 3.63) is 88.2 Å². The minimum atomic E-state index is -0.951. The normalized spacial score (nSPS) is 11.2. The summed E-state index contributed by atoms with van der Waals surface area (Å²) < 4.78 is 21.2. The summed E-state index contributed by atoms with van der Waals surface area (Å²) in [5.41, 5.74) is 2.77. The van der Waals surface area contributed by atoms with E-state index >= 15 is 0 Å². The molecule has 3 aromatic carbocycles. The minimum Gasteiger partial charge on any atom is -0.481 e. The molecule has 6 nitrogen and oxygen atoms in total. The summed E-state index contributed by atoms with van der Waals surface area (Å²) in [7, 11) is 0. The van der Waals surface area contributed by atoms with Gasteiger partial charge in [-0.05, 0) is 65.7 Å². The number of amides is 1. The van der Waals surface area contributed by atoms with Crippen LogP contribution in [0, 0.1) is 5.82 Å². The van der Waals surface area contributed by atoms with Gasteiger partial charge in [-0.15, -0.1) is 0 Å². The van der Waals surface area contributed by atoms with Crippen molar-refractivity contribution < 1.29 is 23.5 Å². The number of carbonyl (C=O) groups excluding carboxylic acids is 1. The van der Waals surface area contributed by atoms with Crippen molar-refractivity contribution in [2.24, 2.45) is 0 Å². The molecule has 4 aromatic rings. The number of oxazole rings is 1. The number of anilines is 1. The quantitative estimate of drug-likeness (QED) is 0.336. The Labute approximate surface area is 190 Å². The van der Waals surface area contributed by atoms with E-state index in [4.69, 9.17) is 9.52 Å². The van der Waals surface area contributed by atoms with E-state index in [1.54, 1.807) is 36.4 Å². The summed E-state index contributed by atoms with van der Waals surface area (Å²) >= 11 is 3.33. The van der Waals surface area contributed by atoms with Gasteiger partial charge in [-0.2, -0.15) is 0 Å². The lowest BCUT2D eigenvalue weighted by molar-refractivity contribution is -0.136. The molecular formula is C24H16BrFN2O4. The molecule has 4 rings (SSSR count). The number of carboxylic acids is 1. The first-order valence-corrected chi connectivity index (χ1v) is 10.3. The molecule has 0 radical (unpaired) electrons. The van der Waals surface area contributed by atoms with E-state index in [0.29, 0.717) is 27.9 Å². The summed E-state index contributed by atoms with van der Waals surface area (Å²) in [5.74, 6) is -1.76. The number of nitrogens with zero attached hydrogens (tertiary/aromatic N) is 1. The number of fused-ring (bicyclic) bond motifs is 1. The van der Waals surface area contributed by atoms with Gasteiger partial charge in [0, 0.05) is 16.2 Å². The van der Waals surface area contributed by atoms with Gasteiger partial charge in [-0.3, -0.25) is 9.59 Å². The van der Waals surface area contributed by atoms with Crippen LogP contribution in [0.25, 0.3) is 28.6 Å². The molecule has 0 fully saturated rings. The zero-order valence-corrected chi connectivity index (χ0v) is 18.1. The van der Waals surface area contributed by atoms with Gasteiger partial charge in [0.15, 0.2) is 5.58 Å². The molecule has 1 aromatic heterocycles. The van der Waals surface area contributed by atoms with E-state index in [-0.39, 0.29) is 23.8 Å². The number of nitrogens with one attached hydrogen (secondary N) is 1.